The molecule has 0 heterocycles. The molecule has 0 saturated heterocycles. The zero-order valence-electron chi connectivity index (χ0n) is 5.56. The quantitative estimate of drug-likeness (QED) is 0.367. The van der Waals surface area contributed by atoms with Crippen molar-refractivity contribution in [2.24, 2.45) is 0 Å². The van der Waals surface area contributed by atoms with Gasteiger partial charge in [-0.1, -0.05) is 0 Å². The van der Waals surface area contributed by atoms with Crippen molar-refractivity contribution in [3.8, 4) is 0 Å². The predicted molar refractivity (Wildman–Crippen MR) is 38.9 cm³/mol. The average Bonchev–Trinajstić information content (AvgIpc) is 1.95. The Morgan fingerprint density at radius 3 is 0.900 bits per heavy atom. The molecule has 6 heteroatoms. The van der Waals surface area contributed by atoms with Gasteiger partial charge in [0.25, 0.3) is 0 Å². The van der Waals surface area contributed by atoms with Crippen LogP contribution in [0.5, 0.6) is 0 Å². The van der Waals surface area contributed by atoms with Crippen molar-refractivity contribution in [1.82, 2.24) is 0 Å². The van der Waals surface area contributed by atoms with Crippen molar-refractivity contribution < 1.29 is 25.9 Å². The first-order valence-corrected chi connectivity index (χ1v) is 5.06. The molecule has 0 saturated carbocycles. The third-order valence-electron chi connectivity index (χ3n) is 1.20. The summed E-state index contributed by atoms with van der Waals surface area (Å²) >= 11 is 0. The highest BCUT2D eigenvalue weighted by atomic mass is 31.2. The summed E-state index contributed by atoms with van der Waals surface area (Å²) in [5, 5.41) is 34.2. The van der Waals surface area contributed by atoms with Gasteiger partial charge in [0.15, 0.2) is 25.4 Å². The molecule has 0 rings (SSSR count). The molecule has 0 aromatic carbocycles. The summed E-state index contributed by atoms with van der Waals surface area (Å²) in [4.78, 5) is 0. The average molecular weight is 173 g/mol. The van der Waals surface area contributed by atoms with E-state index < -0.39 is 7.26 Å². The van der Waals surface area contributed by atoms with E-state index in [4.69, 9.17) is 20.4 Å². The monoisotopic (exact) mass is 173 g/mol. The molecule has 64 valence electrons. The molecule has 0 bridgehead atoms. The molecule has 6 N–H and O–H groups in total. The minimum Gasteiger partial charge on any atom is -0.412 e. The van der Waals surface area contributed by atoms with Crippen LogP contribution in [0.25, 0.3) is 0 Å². The van der Waals surface area contributed by atoms with E-state index >= 15 is 0 Å². The van der Waals surface area contributed by atoms with Crippen molar-refractivity contribution in [3.63, 3.8) is 0 Å². The summed E-state index contributed by atoms with van der Waals surface area (Å²) in [5.74, 6) is 0. The van der Waals surface area contributed by atoms with Crippen LogP contribution in [-0.4, -0.2) is 51.3 Å². The standard InChI is InChI=1S/C4H12O4P.H2O/c5-1-9(2-6,3-7)4-8;/h5-8H,1-4H2;1H2/q+1;. The summed E-state index contributed by atoms with van der Waals surface area (Å²) in [6.45, 7) is 0. The lowest BCUT2D eigenvalue weighted by Crippen LogP contribution is -2.10. The van der Waals surface area contributed by atoms with Crippen LogP contribution in [0.4, 0.5) is 0 Å². The SMILES string of the molecule is O.OC[P+](CO)(CO)CO. The van der Waals surface area contributed by atoms with E-state index in [9.17, 15) is 0 Å². The van der Waals surface area contributed by atoms with Gasteiger partial charge in [0, 0.05) is 0 Å². The van der Waals surface area contributed by atoms with E-state index in [1.54, 1.807) is 0 Å². The van der Waals surface area contributed by atoms with Gasteiger partial charge in [-0.3, -0.25) is 0 Å². The Hall–Kier alpha value is 0.230. The normalized spacial score (nSPS) is 10.8. The number of rotatable bonds is 4. The maximum Gasteiger partial charge on any atom is 0.161 e. The molecule has 0 aliphatic rings. The van der Waals surface area contributed by atoms with Gasteiger partial charge < -0.3 is 25.9 Å². The molecule has 0 spiro atoms. The minimum atomic E-state index is -2.20. The van der Waals surface area contributed by atoms with E-state index in [1.165, 1.54) is 0 Å². The maximum absolute atomic E-state index is 8.55. The van der Waals surface area contributed by atoms with Crippen LogP contribution in [0.1, 0.15) is 0 Å². The van der Waals surface area contributed by atoms with E-state index in [-0.39, 0.29) is 30.9 Å². The number of aliphatic hydroxyl groups is 4. The molecule has 0 radical (unpaired) electrons. The molecular weight excluding hydrogens is 159 g/mol. The Bertz CT molecular complexity index is 56.5. The molecule has 0 unspecified atom stereocenters. The number of hydrogen-bond acceptors (Lipinski definition) is 4. The predicted octanol–water partition coefficient (Wildman–Crippen LogP) is -2.02. The highest BCUT2D eigenvalue weighted by Gasteiger charge is 2.34. The molecule has 0 fully saturated rings. The summed E-state index contributed by atoms with van der Waals surface area (Å²) in [7, 11) is -2.20. The zero-order valence-corrected chi connectivity index (χ0v) is 6.46. The van der Waals surface area contributed by atoms with Gasteiger partial charge in [-0.25, -0.2) is 0 Å². The van der Waals surface area contributed by atoms with Gasteiger partial charge in [-0.2, -0.15) is 0 Å². The lowest BCUT2D eigenvalue weighted by atomic mass is 11.6. The van der Waals surface area contributed by atoms with Gasteiger partial charge in [0.1, 0.15) is 7.26 Å². The first-order chi connectivity index (χ1) is 4.24. The fourth-order valence-corrected chi connectivity index (χ4v) is 0.805. The van der Waals surface area contributed by atoms with Crippen molar-refractivity contribution in [3.05, 3.63) is 0 Å². The summed E-state index contributed by atoms with van der Waals surface area (Å²) in [6.07, 6.45) is -1.18. The second-order valence-electron chi connectivity index (χ2n) is 1.91. The lowest BCUT2D eigenvalue weighted by molar-refractivity contribution is 0.288. The molecule has 0 aromatic rings. The lowest BCUT2D eigenvalue weighted by Gasteiger charge is -2.15. The van der Waals surface area contributed by atoms with Crippen molar-refractivity contribution >= 4 is 7.26 Å². The molecule has 10 heavy (non-hydrogen) atoms. The highest BCUT2D eigenvalue weighted by Crippen LogP contribution is 2.54. The van der Waals surface area contributed by atoms with Crippen LogP contribution in [0.3, 0.4) is 0 Å². The fraction of sp³-hybridized carbons (Fsp3) is 1.00. The van der Waals surface area contributed by atoms with Gasteiger partial charge in [0.2, 0.25) is 0 Å². The van der Waals surface area contributed by atoms with Crippen LogP contribution < -0.4 is 0 Å². The van der Waals surface area contributed by atoms with Gasteiger partial charge >= 0.3 is 0 Å². The van der Waals surface area contributed by atoms with Crippen LogP contribution in [0.2, 0.25) is 0 Å². The van der Waals surface area contributed by atoms with E-state index in [0.717, 1.165) is 0 Å². The van der Waals surface area contributed by atoms with E-state index in [1.807, 2.05) is 0 Å². The van der Waals surface area contributed by atoms with Crippen LogP contribution >= 0.6 is 7.26 Å². The van der Waals surface area contributed by atoms with Gasteiger partial charge in [-0.15, -0.1) is 0 Å². The van der Waals surface area contributed by atoms with E-state index in [2.05, 4.69) is 0 Å². The third kappa shape index (κ3) is 2.88. The van der Waals surface area contributed by atoms with Gasteiger partial charge in [-0.05, 0) is 0 Å². The molecule has 0 amide bonds. The Balaban J connectivity index is 0. The molecule has 0 aliphatic heterocycles. The molecule has 0 aromatic heterocycles. The second kappa shape index (κ2) is 5.97. The summed E-state index contributed by atoms with van der Waals surface area (Å²) in [6, 6.07) is 0. The van der Waals surface area contributed by atoms with Crippen molar-refractivity contribution in [1.29, 1.82) is 0 Å². The Morgan fingerprint density at radius 1 is 0.700 bits per heavy atom. The highest BCUT2D eigenvalue weighted by molar-refractivity contribution is 7.75. The van der Waals surface area contributed by atoms with Crippen LogP contribution in [0.15, 0.2) is 0 Å². The fourth-order valence-electron chi connectivity index (χ4n) is 0.268. The smallest absolute Gasteiger partial charge is 0.161 e. The first kappa shape index (κ1) is 12.9. The number of hydrogen-bond donors (Lipinski definition) is 4. The Labute approximate surface area is 59.6 Å². The van der Waals surface area contributed by atoms with E-state index in [0.29, 0.717) is 0 Å². The Kier molecular flexibility index (Phi) is 7.69. The largest absolute Gasteiger partial charge is 0.412 e. The van der Waals surface area contributed by atoms with Crippen LogP contribution in [-0.2, 0) is 0 Å². The van der Waals surface area contributed by atoms with Crippen molar-refractivity contribution in [2.75, 3.05) is 25.4 Å². The first-order valence-electron chi connectivity index (χ1n) is 2.53. The van der Waals surface area contributed by atoms with Crippen molar-refractivity contribution in [2.45, 2.75) is 0 Å². The molecular formula is C4H14O5P+. The maximum atomic E-state index is 8.55. The second-order valence-corrected chi connectivity index (χ2v) is 5.72. The summed E-state index contributed by atoms with van der Waals surface area (Å²) < 4.78 is 0. The molecule has 0 aliphatic carbocycles. The molecule has 0 atom stereocenters. The van der Waals surface area contributed by atoms with Crippen LogP contribution in [0, 0.1) is 0 Å². The number of aliphatic hydroxyl groups excluding tert-OH is 4. The topological polar surface area (TPSA) is 112 Å². The summed E-state index contributed by atoms with van der Waals surface area (Å²) in [5.41, 5.74) is 0. The Morgan fingerprint density at radius 2 is 0.900 bits per heavy atom. The third-order valence-corrected chi connectivity index (χ3v) is 3.60. The van der Waals surface area contributed by atoms with Gasteiger partial charge in [0.05, 0.1) is 0 Å². The molecule has 5 nitrogen and oxygen atoms in total. The minimum absolute atomic E-state index is 0. The zero-order chi connectivity index (χ0) is 7.33.